The Bertz CT molecular complexity index is 1430. The SMILES string of the molecule is COc1ccc(S(=O)(=O)N2Cc3ccccc3-n3cccc3C2c2ccc(C)cc2)cc1Cl. The van der Waals surface area contributed by atoms with E-state index in [2.05, 4.69) is 4.57 Å². The maximum Gasteiger partial charge on any atom is 0.244 e. The highest BCUT2D eigenvalue weighted by Gasteiger charge is 2.38. The van der Waals surface area contributed by atoms with Crippen molar-refractivity contribution >= 4 is 21.6 Å². The summed E-state index contributed by atoms with van der Waals surface area (Å²) >= 11 is 6.31. The second-order valence-electron chi connectivity index (χ2n) is 8.09. The summed E-state index contributed by atoms with van der Waals surface area (Å²) in [6, 6.07) is 23.9. The second-order valence-corrected chi connectivity index (χ2v) is 10.4. The third kappa shape index (κ3) is 3.74. The number of ether oxygens (including phenoxy) is 1. The summed E-state index contributed by atoms with van der Waals surface area (Å²) in [4.78, 5) is 0.128. The van der Waals surface area contributed by atoms with Gasteiger partial charge in [0.05, 0.1) is 23.1 Å². The number of halogens is 1. The molecule has 0 aliphatic carbocycles. The van der Waals surface area contributed by atoms with E-state index in [4.69, 9.17) is 16.3 Å². The highest BCUT2D eigenvalue weighted by atomic mass is 35.5. The first-order valence-electron chi connectivity index (χ1n) is 10.6. The fourth-order valence-electron chi connectivity index (χ4n) is 4.38. The number of methoxy groups -OCH3 is 1. The molecule has 0 radical (unpaired) electrons. The fraction of sp³-hybridized carbons (Fsp3) is 0.154. The lowest BCUT2D eigenvalue weighted by molar-refractivity contribution is 0.353. The van der Waals surface area contributed by atoms with E-state index in [1.807, 2.05) is 73.8 Å². The molecule has 5 nitrogen and oxygen atoms in total. The van der Waals surface area contributed by atoms with Gasteiger partial charge in [0, 0.05) is 24.1 Å². The molecule has 2 heterocycles. The lowest BCUT2D eigenvalue weighted by Crippen LogP contribution is -2.34. The Hall–Kier alpha value is -3.06. The number of hydrogen-bond acceptors (Lipinski definition) is 3. The van der Waals surface area contributed by atoms with Crippen molar-refractivity contribution in [2.45, 2.75) is 24.4 Å². The summed E-state index contributed by atoms with van der Waals surface area (Å²) in [5.41, 5.74) is 4.79. The number of para-hydroxylation sites is 1. The molecule has 33 heavy (non-hydrogen) atoms. The van der Waals surface area contributed by atoms with Gasteiger partial charge in [-0.3, -0.25) is 0 Å². The summed E-state index contributed by atoms with van der Waals surface area (Å²) in [7, 11) is -2.42. The Kier molecular flexibility index (Phi) is 5.52. The minimum absolute atomic E-state index is 0.128. The van der Waals surface area contributed by atoms with Gasteiger partial charge in [0.25, 0.3) is 0 Å². The largest absolute Gasteiger partial charge is 0.495 e. The van der Waals surface area contributed by atoms with Crippen molar-refractivity contribution in [2.24, 2.45) is 0 Å². The average Bonchev–Trinajstić information content (AvgIpc) is 3.24. The first-order valence-corrected chi connectivity index (χ1v) is 12.4. The standard InChI is InChI=1S/C26H23ClN2O3S/c1-18-9-11-19(12-10-18)26-24-8-5-15-28(24)23-7-4-3-6-20(23)17-29(26)33(30,31)21-13-14-25(32-2)22(27)16-21/h3-16,26H,17H2,1-2H3. The predicted molar refractivity (Wildman–Crippen MR) is 130 cm³/mol. The van der Waals surface area contributed by atoms with Crippen molar-refractivity contribution in [1.29, 1.82) is 0 Å². The molecule has 1 atom stereocenters. The third-order valence-corrected chi connectivity index (χ3v) is 8.15. The molecule has 7 heteroatoms. The Morgan fingerprint density at radius 1 is 0.970 bits per heavy atom. The van der Waals surface area contributed by atoms with Crippen molar-refractivity contribution in [3.8, 4) is 11.4 Å². The average molecular weight is 479 g/mol. The Balaban J connectivity index is 1.74. The van der Waals surface area contributed by atoms with Crippen LogP contribution in [0.3, 0.4) is 0 Å². The first-order chi connectivity index (χ1) is 15.9. The van der Waals surface area contributed by atoms with Crippen LogP contribution in [0.25, 0.3) is 5.69 Å². The highest BCUT2D eigenvalue weighted by molar-refractivity contribution is 7.89. The molecule has 0 spiro atoms. The molecule has 0 saturated heterocycles. The number of aryl methyl sites for hydroxylation is 1. The summed E-state index contributed by atoms with van der Waals surface area (Å²) in [5, 5.41) is 0.254. The molecular weight excluding hydrogens is 456 g/mol. The zero-order valence-corrected chi connectivity index (χ0v) is 19.8. The maximum absolute atomic E-state index is 14.1. The van der Waals surface area contributed by atoms with Gasteiger partial charge in [-0.05, 0) is 54.4 Å². The summed E-state index contributed by atoms with van der Waals surface area (Å²) in [6.45, 7) is 2.24. The van der Waals surface area contributed by atoms with Gasteiger partial charge in [-0.15, -0.1) is 0 Å². The topological polar surface area (TPSA) is 51.5 Å². The van der Waals surface area contributed by atoms with Crippen LogP contribution in [0.1, 0.15) is 28.4 Å². The van der Waals surface area contributed by atoms with E-state index in [1.54, 1.807) is 16.4 Å². The second kappa shape index (κ2) is 8.37. The summed E-state index contributed by atoms with van der Waals surface area (Å²) in [6.07, 6.45) is 1.98. The van der Waals surface area contributed by atoms with Crippen molar-refractivity contribution in [2.75, 3.05) is 7.11 Å². The lowest BCUT2D eigenvalue weighted by atomic mass is 10.0. The van der Waals surface area contributed by atoms with Gasteiger partial charge in [0.2, 0.25) is 10.0 Å². The molecule has 1 aromatic heterocycles. The number of sulfonamides is 1. The molecule has 0 amide bonds. The normalized spacial score (nSPS) is 16.0. The molecule has 168 valence electrons. The quantitative estimate of drug-likeness (QED) is 0.375. The van der Waals surface area contributed by atoms with Crippen molar-refractivity contribution in [1.82, 2.24) is 8.87 Å². The Morgan fingerprint density at radius 3 is 2.45 bits per heavy atom. The van der Waals surface area contributed by atoms with Gasteiger partial charge in [-0.2, -0.15) is 4.31 Å². The molecule has 3 aromatic carbocycles. The van der Waals surface area contributed by atoms with Crippen molar-refractivity contribution in [3.63, 3.8) is 0 Å². The van der Waals surface area contributed by atoms with Crippen molar-refractivity contribution in [3.05, 3.63) is 112 Å². The summed E-state index contributed by atoms with van der Waals surface area (Å²) in [5.74, 6) is 0.431. The molecule has 0 N–H and O–H groups in total. The number of aromatic nitrogens is 1. The van der Waals surface area contributed by atoms with E-state index < -0.39 is 16.1 Å². The minimum Gasteiger partial charge on any atom is -0.495 e. The first kappa shape index (κ1) is 21.8. The van der Waals surface area contributed by atoms with E-state index in [0.717, 1.165) is 28.1 Å². The molecular formula is C26H23ClN2O3S. The minimum atomic E-state index is -3.92. The van der Waals surface area contributed by atoms with E-state index in [9.17, 15) is 8.42 Å². The van der Waals surface area contributed by atoms with Crippen LogP contribution in [0.15, 0.2) is 90.0 Å². The van der Waals surface area contributed by atoms with Crippen LogP contribution in [0.5, 0.6) is 5.75 Å². The van der Waals surface area contributed by atoms with Crippen LogP contribution in [0.2, 0.25) is 5.02 Å². The third-order valence-electron chi connectivity index (χ3n) is 6.05. The summed E-state index contributed by atoms with van der Waals surface area (Å²) < 4.78 is 37.1. The number of nitrogens with zero attached hydrogens (tertiary/aromatic N) is 2. The monoisotopic (exact) mass is 478 g/mol. The van der Waals surface area contributed by atoms with Crippen LogP contribution in [-0.2, 0) is 16.6 Å². The number of rotatable bonds is 4. The lowest BCUT2D eigenvalue weighted by Gasteiger charge is -2.30. The zero-order valence-electron chi connectivity index (χ0n) is 18.3. The van der Waals surface area contributed by atoms with Crippen molar-refractivity contribution < 1.29 is 13.2 Å². The molecule has 5 rings (SSSR count). The van der Waals surface area contributed by atoms with Gasteiger partial charge < -0.3 is 9.30 Å². The fourth-order valence-corrected chi connectivity index (χ4v) is 6.29. The van der Waals surface area contributed by atoms with Crippen LogP contribution < -0.4 is 4.74 Å². The smallest absolute Gasteiger partial charge is 0.244 e. The van der Waals surface area contributed by atoms with Gasteiger partial charge in [-0.1, -0.05) is 59.6 Å². The molecule has 1 aliphatic heterocycles. The highest BCUT2D eigenvalue weighted by Crippen LogP contribution is 2.40. The van der Waals surface area contributed by atoms with Crippen LogP contribution in [0, 0.1) is 6.92 Å². The molecule has 0 fully saturated rings. The van der Waals surface area contributed by atoms with E-state index in [0.29, 0.717) is 5.75 Å². The molecule has 0 bridgehead atoms. The van der Waals surface area contributed by atoms with Crippen LogP contribution >= 0.6 is 11.6 Å². The Labute approximate surface area is 198 Å². The Morgan fingerprint density at radius 2 is 1.73 bits per heavy atom. The van der Waals surface area contributed by atoms with Gasteiger partial charge >= 0.3 is 0 Å². The zero-order chi connectivity index (χ0) is 23.2. The molecule has 0 saturated carbocycles. The van der Waals surface area contributed by atoms with Gasteiger partial charge in [-0.25, -0.2) is 8.42 Å². The number of fused-ring (bicyclic) bond motifs is 3. The molecule has 1 aliphatic rings. The molecule has 4 aromatic rings. The molecule has 1 unspecified atom stereocenters. The number of hydrogen-bond donors (Lipinski definition) is 0. The van der Waals surface area contributed by atoms with Gasteiger partial charge in [0.15, 0.2) is 0 Å². The van der Waals surface area contributed by atoms with E-state index in [1.165, 1.54) is 13.2 Å². The predicted octanol–water partition coefficient (Wildman–Crippen LogP) is 5.74. The van der Waals surface area contributed by atoms with E-state index >= 15 is 0 Å². The van der Waals surface area contributed by atoms with Crippen LogP contribution in [0.4, 0.5) is 0 Å². The van der Waals surface area contributed by atoms with Crippen LogP contribution in [-0.4, -0.2) is 24.4 Å². The van der Waals surface area contributed by atoms with E-state index in [-0.39, 0.29) is 16.5 Å². The maximum atomic E-state index is 14.1. The number of benzene rings is 3. The van der Waals surface area contributed by atoms with Gasteiger partial charge in [0.1, 0.15) is 5.75 Å².